The van der Waals surface area contributed by atoms with Gasteiger partial charge in [0, 0.05) is 55.0 Å². The van der Waals surface area contributed by atoms with Crippen LogP contribution in [-0.4, -0.2) is 24.9 Å². The zero-order chi connectivity index (χ0) is 42.4. The van der Waals surface area contributed by atoms with E-state index in [2.05, 4.69) is 87.0 Å². The molecule has 0 aliphatic carbocycles. The molecular formula is C48H63BrF2N4O2. The van der Waals surface area contributed by atoms with Crippen LogP contribution in [0.5, 0.6) is 0 Å². The lowest BCUT2D eigenvalue weighted by Crippen LogP contribution is -2.31. The fourth-order valence-corrected chi connectivity index (χ4v) is 7.93. The Morgan fingerprint density at radius 3 is 1.72 bits per heavy atom. The second-order valence-electron chi connectivity index (χ2n) is 18.2. The lowest BCUT2D eigenvalue weighted by atomic mass is 9.91. The Kier molecular flexibility index (Phi) is 15.3. The van der Waals surface area contributed by atoms with Gasteiger partial charge >= 0.3 is 0 Å². The number of aryl methyl sites for hydroxylation is 4. The fourth-order valence-electron chi connectivity index (χ4n) is 7.29. The number of rotatable bonds is 5. The first-order chi connectivity index (χ1) is 26.5. The van der Waals surface area contributed by atoms with Crippen LogP contribution < -0.4 is 20.9 Å². The number of anilines is 3. The summed E-state index contributed by atoms with van der Waals surface area (Å²) in [6, 6.07) is 16.8. The quantitative estimate of drug-likeness (QED) is 0.187. The maximum absolute atomic E-state index is 15.3. The molecule has 0 radical (unpaired) electrons. The van der Waals surface area contributed by atoms with E-state index < -0.39 is 0 Å². The Bertz CT molecular complexity index is 2100. The first kappa shape index (κ1) is 45.6. The Morgan fingerprint density at radius 2 is 1.18 bits per heavy atom. The van der Waals surface area contributed by atoms with Crippen molar-refractivity contribution in [3.05, 3.63) is 120 Å². The lowest BCUT2D eigenvalue weighted by Gasteiger charge is -2.32. The van der Waals surface area contributed by atoms with Crippen molar-refractivity contribution in [2.45, 2.75) is 122 Å². The van der Waals surface area contributed by atoms with Crippen LogP contribution in [0, 0.1) is 64.0 Å². The molecule has 0 bridgehead atoms. The van der Waals surface area contributed by atoms with Crippen molar-refractivity contribution in [1.29, 1.82) is 0 Å². The number of benzene rings is 4. The van der Waals surface area contributed by atoms with Gasteiger partial charge in [-0.1, -0.05) is 89.1 Å². The number of carbonyl (C=O) groups excluding carboxylic acids is 2. The highest BCUT2D eigenvalue weighted by Gasteiger charge is 2.24. The Balaban J connectivity index is 0.000000211. The average Bonchev–Trinajstić information content (AvgIpc) is 3.11. The van der Waals surface area contributed by atoms with E-state index in [0.717, 1.165) is 37.2 Å². The molecule has 0 fully saturated rings. The number of hydrogen-bond donors (Lipinski definition) is 3. The predicted octanol–water partition coefficient (Wildman–Crippen LogP) is 11.9. The van der Waals surface area contributed by atoms with E-state index in [9.17, 15) is 14.0 Å². The van der Waals surface area contributed by atoms with Gasteiger partial charge < -0.3 is 20.9 Å². The average molecular weight is 846 g/mol. The molecule has 9 heteroatoms. The summed E-state index contributed by atoms with van der Waals surface area (Å²) in [6.45, 7) is 27.2. The van der Waals surface area contributed by atoms with Gasteiger partial charge in [-0.3, -0.25) is 9.59 Å². The first-order valence-electron chi connectivity index (χ1n) is 20.0. The van der Waals surface area contributed by atoms with Crippen LogP contribution in [0.1, 0.15) is 110 Å². The molecule has 6 nitrogen and oxygen atoms in total. The van der Waals surface area contributed by atoms with Gasteiger partial charge in [-0.05, 0) is 133 Å². The molecule has 0 saturated carbocycles. The number of hydrogen-bond acceptors (Lipinski definition) is 4. The molecule has 3 N–H and O–H groups in total. The summed E-state index contributed by atoms with van der Waals surface area (Å²) in [5.41, 5.74) is 12.6. The Morgan fingerprint density at radius 1 is 0.684 bits per heavy atom. The van der Waals surface area contributed by atoms with Gasteiger partial charge in [0.2, 0.25) is 11.8 Å². The van der Waals surface area contributed by atoms with Gasteiger partial charge in [0.1, 0.15) is 5.82 Å². The lowest BCUT2D eigenvalue weighted by molar-refractivity contribution is -0.118. The number of carbonyl (C=O) groups is 2. The van der Waals surface area contributed by atoms with Gasteiger partial charge in [-0.2, -0.15) is 0 Å². The largest absolute Gasteiger partial charge is 0.364 e. The molecule has 2 amide bonds. The van der Waals surface area contributed by atoms with Gasteiger partial charge in [0.15, 0.2) is 5.82 Å². The maximum atomic E-state index is 15.3. The van der Waals surface area contributed by atoms with Crippen molar-refractivity contribution in [1.82, 2.24) is 5.32 Å². The van der Waals surface area contributed by atoms with Crippen molar-refractivity contribution in [2.24, 2.45) is 10.8 Å². The summed E-state index contributed by atoms with van der Waals surface area (Å²) in [6.07, 6.45) is 2.91. The van der Waals surface area contributed by atoms with E-state index >= 15 is 4.39 Å². The molecule has 57 heavy (non-hydrogen) atoms. The predicted molar refractivity (Wildman–Crippen MR) is 237 cm³/mol. The molecule has 6 rings (SSSR count). The second-order valence-corrected chi connectivity index (χ2v) is 19.1. The van der Waals surface area contributed by atoms with E-state index in [4.69, 9.17) is 0 Å². The third-order valence-electron chi connectivity index (χ3n) is 10.2. The summed E-state index contributed by atoms with van der Waals surface area (Å²) in [4.78, 5) is 26.3. The number of halogens is 3. The van der Waals surface area contributed by atoms with Crippen LogP contribution >= 0.6 is 15.9 Å². The summed E-state index contributed by atoms with van der Waals surface area (Å²) in [7, 11) is 0. The van der Waals surface area contributed by atoms with Gasteiger partial charge in [-0.25, -0.2) is 8.78 Å². The molecule has 2 heterocycles. The Labute approximate surface area is 348 Å². The molecule has 0 spiro atoms. The zero-order valence-electron chi connectivity index (χ0n) is 36.2. The Hall–Kier alpha value is -4.08. The molecule has 0 unspecified atom stereocenters. The van der Waals surface area contributed by atoms with Crippen molar-refractivity contribution in [3.8, 4) is 0 Å². The van der Waals surface area contributed by atoms with Gasteiger partial charge in [0.05, 0.1) is 10.2 Å². The molecular weight excluding hydrogens is 782 g/mol. The number of nitrogens with zero attached hydrogens (tertiary/aromatic N) is 1. The topological polar surface area (TPSA) is 73.5 Å². The third kappa shape index (κ3) is 13.0. The normalized spacial score (nSPS) is 13.6. The van der Waals surface area contributed by atoms with Crippen LogP contribution in [-0.2, 0) is 35.5 Å². The smallest absolute Gasteiger partial charge is 0.224 e. The molecule has 2 aliphatic heterocycles. The van der Waals surface area contributed by atoms with Crippen LogP contribution in [0.4, 0.5) is 25.8 Å². The van der Waals surface area contributed by atoms with Crippen LogP contribution in [0.15, 0.2) is 53.0 Å². The van der Waals surface area contributed by atoms with Gasteiger partial charge in [-0.15, -0.1) is 0 Å². The molecule has 4 aromatic carbocycles. The molecule has 0 atom stereocenters. The SMILES string of the molecule is Cc1cc(Br)c(F)c(C)c1NC(=O)CC(C)(C)C.Cc1ccc2c(c1)CCN(c1cc(C)c(NC(=O)CC(C)(C)C)c(C)c1F)C2.Cc1ccc2c(c1)CCNC2. The van der Waals surface area contributed by atoms with Gasteiger partial charge in [0.25, 0.3) is 0 Å². The minimum atomic E-state index is -0.327. The first-order valence-corrected chi connectivity index (χ1v) is 20.8. The van der Waals surface area contributed by atoms with Crippen LogP contribution in [0.3, 0.4) is 0 Å². The van der Waals surface area contributed by atoms with E-state index in [1.165, 1.54) is 39.8 Å². The minimum Gasteiger partial charge on any atom is -0.364 e. The highest BCUT2D eigenvalue weighted by Crippen LogP contribution is 2.35. The van der Waals surface area contributed by atoms with E-state index in [-0.39, 0.29) is 34.3 Å². The number of amides is 2. The van der Waals surface area contributed by atoms with E-state index in [0.29, 0.717) is 52.0 Å². The number of fused-ring (bicyclic) bond motifs is 2. The standard InChI is InChI=1S/C24H31FN2O.C14H19BrFNO.C10H13N/c1-15-7-8-19-14-27(10-9-18(19)11-15)20-12-16(2)23(17(3)22(20)25)26-21(28)13-24(4,5)6;1-8-6-10(15)12(16)9(2)13(8)17-11(18)7-14(3,4)5;1-8-2-3-10-7-11-5-4-9(10)6-8/h7-8,11-12H,9-10,13-14H2,1-6H3,(H,26,28);6H,7H2,1-5H3,(H,17,18);2-3,6,11H,4-5,7H2,1H3. The number of nitrogens with one attached hydrogen (secondary N) is 3. The summed E-state index contributed by atoms with van der Waals surface area (Å²) in [5.74, 6) is -0.734. The van der Waals surface area contributed by atoms with Crippen LogP contribution in [0.25, 0.3) is 0 Å². The second kappa shape index (κ2) is 19.1. The van der Waals surface area contributed by atoms with Crippen molar-refractivity contribution < 1.29 is 18.4 Å². The molecule has 0 saturated heterocycles. The fraction of sp³-hybridized carbons (Fsp3) is 0.458. The minimum absolute atomic E-state index is 0.0758. The maximum Gasteiger partial charge on any atom is 0.224 e. The monoisotopic (exact) mass is 844 g/mol. The van der Waals surface area contributed by atoms with Crippen molar-refractivity contribution in [2.75, 3.05) is 28.6 Å². The summed E-state index contributed by atoms with van der Waals surface area (Å²) >= 11 is 3.16. The third-order valence-corrected chi connectivity index (χ3v) is 10.8. The molecule has 2 aliphatic rings. The van der Waals surface area contributed by atoms with Crippen molar-refractivity contribution >= 4 is 44.8 Å². The highest BCUT2D eigenvalue weighted by atomic mass is 79.9. The highest BCUT2D eigenvalue weighted by molar-refractivity contribution is 9.10. The molecule has 308 valence electrons. The van der Waals surface area contributed by atoms with Crippen LogP contribution in [0.2, 0.25) is 0 Å². The molecule has 0 aromatic heterocycles. The summed E-state index contributed by atoms with van der Waals surface area (Å²) in [5, 5.41) is 9.09. The van der Waals surface area contributed by atoms with Crippen molar-refractivity contribution in [3.63, 3.8) is 0 Å². The van der Waals surface area contributed by atoms with E-state index in [1.807, 2.05) is 61.5 Å². The zero-order valence-corrected chi connectivity index (χ0v) is 37.8. The molecule has 4 aromatic rings. The summed E-state index contributed by atoms with van der Waals surface area (Å²) < 4.78 is 29.4. The van der Waals surface area contributed by atoms with E-state index in [1.54, 1.807) is 19.9 Å².